The lowest BCUT2D eigenvalue weighted by Crippen LogP contribution is -2.54. The number of anilines is 1. The molecule has 1 fully saturated rings. The molecule has 0 unspecified atom stereocenters. The summed E-state index contributed by atoms with van der Waals surface area (Å²) in [6.45, 7) is 0.332. The van der Waals surface area contributed by atoms with E-state index in [1.54, 1.807) is 38.5 Å². The first-order chi connectivity index (χ1) is 13.1. The number of ether oxygens (including phenoxy) is 3. The summed E-state index contributed by atoms with van der Waals surface area (Å²) in [6.07, 6.45) is 0. The maximum Gasteiger partial charge on any atom is 0.249 e. The lowest BCUT2D eigenvalue weighted by molar-refractivity contribution is -0.154. The average molecular weight is 370 g/mol. The first kappa shape index (κ1) is 18.7. The van der Waals surface area contributed by atoms with Gasteiger partial charge in [0.05, 0.1) is 27.4 Å². The molecule has 1 aliphatic rings. The highest BCUT2D eigenvalue weighted by molar-refractivity contribution is 5.97. The minimum atomic E-state index is -0.724. The third-order valence-electron chi connectivity index (χ3n) is 4.38. The number of amides is 2. The standard InChI is InChI=1S/C20H22N2O5/c1-25-16-9-8-14(18(10-16)26-2)11-22-17(12-27-13-19(22)23)20(24)21-15-6-4-3-5-7-15/h3-10,17H,11-13H2,1-2H3,(H,21,24)/t17-/m0/s1. The number of carbonyl (C=O) groups is 2. The predicted octanol–water partition coefficient (Wildman–Crippen LogP) is 2.07. The summed E-state index contributed by atoms with van der Waals surface area (Å²) < 4.78 is 15.9. The Kier molecular flexibility index (Phi) is 5.93. The van der Waals surface area contributed by atoms with Gasteiger partial charge in [-0.2, -0.15) is 0 Å². The highest BCUT2D eigenvalue weighted by atomic mass is 16.5. The summed E-state index contributed by atoms with van der Waals surface area (Å²) in [4.78, 5) is 26.7. The zero-order valence-electron chi connectivity index (χ0n) is 15.3. The molecule has 0 aliphatic carbocycles. The number of nitrogens with zero attached hydrogens (tertiary/aromatic N) is 1. The molecule has 2 aromatic rings. The van der Waals surface area contributed by atoms with E-state index in [4.69, 9.17) is 14.2 Å². The summed E-state index contributed by atoms with van der Waals surface area (Å²) in [5.74, 6) is 0.715. The Morgan fingerprint density at radius 2 is 1.96 bits per heavy atom. The largest absolute Gasteiger partial charge is 0.497 e. The molecule has 3 rings (SSSR count). The van der Waals surface area contributed by atoms with Crippen molar-refractivity contribution in [2.75, 3.05) is 32.8 Å². The second kappa shape index (κ2) is 8.55. The van der Waals surface area contributed by atoms with Crippen LogP contribution in [0.4, 0.5) is 5.69 Å². The molecule has 0 bridgehead atoms. The lowest BCUT2D eigenvalue weighted by Gasteiger charge is -2.34. The normalized spacial score (nSPS) is 16.7. The minimum Gasteiger partial charge on any atom is -0.497 e. The van der Waals surface area contributed by atoms with Crippen LogP contribution in [-0.2, 0) is 20.9 Å². The number of carbonyl (C=O) groups excluding carboxylic acids is 2. The van der Waals surface area contributed by atoms with Crippen molar-refractivity contribution < 1.29 is 23.8 Å². The van der Waals surface area contributed by atoms with Gasteiger partial charge in [-0.05, 0) is 24.3 Å². The van der Waals surface area contributed by atoms with Crippen molar-refractivity contribution >= 4 is 17.5 Å². The molecule has 1 heterocycles. The number of nitrogens with one attached hydrogen (secondary N) is 1. The molecule has 0 saturated carbocycles. The molecular weight excluding hydrogens is 348 g/mol. The molecular formula is C20H22N2O5. The Hall–Kier alpha value is -3.06. The maximum atomic E-state index is 12.7. The van der Waals surface area contributed by atoms with Crippen LogP contribution in [0.5, 0.6) is 11.5 Å². The molecule has 1 saturated heterocycles. The van der Waals surface area contributed by atoms with Gasteiger partial charge in [-0.25, -0.2) is 0 Å². The number of hydrogen-bond acceptors (Lipinski definition) is 5. The van der Waals surface area contributed by atoms with Crippen LogP contribution in [0.1, 0.15) is 5.56 Å². The number of rotatable bonds is 6. The van der Waals surface area contributed by atoms with E-state index in [0.717, 1.165) is 5.56 Å². The fourth-order valence-corrected chi connectivity index (χ4v) is 2.93. The molecule has 1 N–H and O–H groups in total. The van der Waals surface area contributed by atoms with Gasteiger partial charge in [0.25, 0.3) is 0 Å². The van der Waals surface area contributed by atoms with E-state index < -0.39 is 6.04 Å². The molecule has 27 heavy (non-hydrogen) atoms. The Bertz CT molecular complexity index is 809. The van der Waals surface area contributed by atoms with Gasteiger partial charge in [0.2, 0.25) is 11.8 Å². The molecule has 7 nitrogen and oxygen atoms in total. The van der Waals surface area contributed by atoms with Crippen molar-refractivity contribution in [1.29, 1.82) is 0 Å². The smallest absolute Gasteiger partial charge is 0.249 e. The summed E-state index contributed by atoms with van der Waals surface area (Å²) in [7, 11) is 3.13. The summed E-state index contributed by atoms with van der Waals surface area (Å²) in [5.41, 5.74) is 1.45. The number of methoxy groups -OCH3 is 2. The van der Waals surface area contributed by atoms with E-state index in [1.807, 2.05) is 24.3 Å². The second-order valence-electron chi connectivity index (χ2n) is 6.09. The van der Waals surface area contributed by atoms with Crippen molar-refractivity contribution in [2.45, 2.75) is 12.6 Å². The first-order valence-electron chi connectivity index (χ1n) is 8.56. The van der Waals surface area contributed by atoms with Crippen molar-refractivity contribution in [2.24, 2.45) is 0 Å². The van der Waals surface area contributed by atoms with Crippen LogP contribution in [-0.4, -0.2) is 50.2 Å². The fraction of sp³-hybridized carbons (Fsp3) is 0.300. The van der Waals surface area contributed by atoms with Crippen LogP contribution in [0.25, 0.3) is 0 Å². The van der Waals surface area contributed by atoms with E-state index in [2.05, 4.69) is 5.32 Å². The van der Waals surface area contributed by atoms with Gasteiger partial charge < -0.3 is 24.4 Å². The van der Waals surface area contributed by atoms with Crippen molar-refractivity contribution in [3.8, 4) is 11.5 Å². The Morgan fingerprint density at radius 1 is 1.19 bits per heavy atom. The topological polar surface area (TPSA) is 77.1 Å². The second-order valence-corrected chi connectivity index (χ2v) is 6.09. The molecule has 0 spiro atoms. The van der Waals surface area contributed by atoms with Crippen molar-refractivity contribution in [1.82, 2.24) is 4.90 Å². The van der Waals surface area contributed by atoms with Crippen LogP contribution >= 0.6 is 0 Å². The molecule has 0 aromatic heterocycles. The predicted molar refractivity (Wildman–Crippen MR) is 99.8 cm³/mol. The first-order valence-corrected chi connectivity index (χ1v) is 8.56. The Labute approximate surface area is 157 Å². The Balaban J connectivity index is 1.80. The van der Waals surface area contributed by atoms with Gasteiger partial charge in [-0.15, -0.1) is 0 Å². The zero-order valence-corrected chi connectivity index (χ0v) is 15.3. The van der Waals surface area contributed by atoms with Gasteiger partial charge in [-0.1, -0.05) is 18.2 Å². The fourth-order valence-electron chi connectivity index (χ4n) is 2.93. The SMILES string of the molecule is COc1ccc(CN2C(=O)COC[C@H]2C(=O)Nc2ccccc2)c(OC)c1. The molecule has 2 aromatic carbocycles. The van der Waals surface area contributed by atoms with Crippen LogP contribution in [0.15, 0.2) is 48.5 Å². The molecule has 142 valence electrons. The molecule has 1 aliphatic heterocycles. The van der Waals surface area contributed by atoms with Gasteiger partial charge in [0, 0.05) is 17.3 Å². The van der Waals surface area contributed by atoms with Gasteiger partial charge in [0.15, 0.2) is 0 Å². The lowest BCUT2D eigenvalue weighted by atomic mass is 10.1. The van der Waals surface area contributed by atoms with E-state index in [1.165, 1.54) is 4.90 Å². The minimum absolute atomic E-state index is 0.0480. The van der Waals surface area contributed by atoms with Gasteiger partial charge in [0.1, 0.15) is 24.1 Å². The van der Waals surface area contributed by atoms with Crippen molar-refractivity contribution in [3.05, 3.63) is 54.1 Å². The quantitative estimate of drug-likeness (QED) is 0.842. The number of morpholine rings is 1. The molecule has 1 atom stereocenters. The average Bonchev–Trinajstić information content (AvgIpc) is 2.70. The van der Waals surface area contributed by atoms with E-state index in [-0.39, 0.29) is 31.6 Å². The van der Waals surface area contributed by atoms with Gasteiger partial charge >= 0.3 is 0 Å². The summed E-state index contributed by atoms with van der Waals surface area (Å²) in [6, 6.07) is 13.8. The number of para-hydroxylation sites is 1. The number of benzene rings is 2. The third kappa shape index (κ3) is 4.38. The van der Waals surface area contributed by atoms with E-state index in [9.17, 15) is 9.59 Å². The summed E-state index contributed by atoms with van der Waals surface area (Å²) >= 11 is 0. The highest BCUT2D eigenvalue weighted by Crippen LogP contribution is 2.27. The summed E-state index contributed by atoms with van der Waals surface area (Å²) in [5, 5.41) is 2.83. The monoisotopic (exact) mass is 370 g/mol. The van der Waals surface area contributed by atoms with Crippen LogP contribution in [0.2, 0.25) is 0 Å². The zero-order chi connectivity index (χ0) is 19.2. The third-order valence-corrected chi connectivity index (χ3v) is 4.38. The van der Waals surface area contributed by atoms with Crippen LogP contribution in [0.3, 0.4) is 0 Å². The van der Waals surface area contributed by atoms with Crippen LogP contribution in [0, 0.1) is 0 Å². The highest BCUT2D eigenvalue weighted by Gasteiger charge is 2.34. The van der Waals surface area contributed by atoms with E-state index >= 15 is 0 Å². The van der Waals surface area contributed by atoms with Crippen molar-refractivity contribution in [3.63, 3.8) is 0 Å². The van der Waals surface area contributed by atoms with Crippen LogP contribution < -0.4 is 14.8 Å². The van der Waals surface area contributed by atoms with E-state index in [0.29, 0.717) is 17.2 Å². The molecule has 0 radical (unpaired) electrons. The molecule has 7 heteroatoms. The number of hydrogen-bond donors (Lipinski definition) is 1. The Morgan fingerprint density at radius 3 is 2.67 bits per heavy atom. The maximum absolute atomic E-state index is 12.7. The van der Waals surface area contributed by atoms with Gasteiger partial charge in [-0.3, -0.25) is 9.59 Å². The molecule has 2 amide bonds.